The predicted octanol–water partition coefficient (Wildman–Crippen LogP) is 1.25. The number of methoxy groups -OCH3 is 1. The average Bonchev–Trinajstić information content (AvgIpc) is 2.45. The van der Waals surface area contributed by atoms with Crippen LogP contribution in [0.1, 0.15) is 15.4 Å². The molecule has 0 unspecified atom stereocenters. The molecule has 1 aromatic heterocycles. The number of carbonyl (C=O) groups excluding carboxylic acids is 1. The van der Waals surface area contributed by atoms with Gasteiger partial charge in [0.2, 0.25) is 0 Å². The molecule has 0 aliphatic heterocycles. The lowest BCUT2D eigenvalue weighted by Crippen LogP contribution is -2.01. The second-order valence-corrected chi connectivity index (χ2v) is 3.25. The molecular formula is C6H7ClN2O2S. The fourth-order valence-corrected chi connectivity index (χ4v) is 1.75. The summed E-state index contributed by atoms with van der Waals surface area (Å²) in [7, 11) is 1.30. The molecule has 0 atom stereocenters. The second kappa shape index (κ2) is 3.73. The van der Waals surface area contributed by atoms with E-state index < -0.39 is 5.97 Å². The molecule has 0 saturated heterocycles. The number of ether oxygens (including phenoxy) is 1. The topological polar surface area (TPSA) is 65.2 Å². The van der Waals surface area contributed by atoms with Gasteiger partial charge in [0.05, 0.1) is 18.7 Å². The highest BCUT2D eigenvalue weighted by atomic mass is 35.5. The van der Waals surface area contributed by atoms with Crippen LogP contribution >= 0.6 is 22.9 Å². The third-order valence-electron chi connectivity index (χ3n) is 1.21. The highest BCUT2D eigenvalue weighted by molar-refractivity contribution is 7.17. The lowest BCUT2D eigenvalue weighted by Gasteiger charge is -1.94. The summed E-state index contributed by atoms with van der Waals surface area (Å²) in [6.45, 7) is 0. The molecular weight excluding hydrogens is 200 g/mol. The number of rotatable bonds is 2. The minimum atomic E-state index is -0.445. The Morgan fingerprint density at radius 3 is 3.00 bits per heavy atom. The maximum Gasteiger partial charge on any atom is 0.350 e. The van der Waals surface area contributed by atoms with Crippen LogP contribution in [0.3, 0.4) is 0 Å². The molecule has 1 rings (SSSR count). The molecule has 0 amide bonds. The zero-order valence-corrected chi connectivity index (χ0v) is 7.91. The Kier molecular flexibility index (Phi) is 2.88. The number of hydrogen-bond acceptors (Lipinski definition) is 5. The van der Waals surface area contributed by atoms with E-state index in [9.17, 15) is 4.79 Å². The first-order valence-electron chi connectivity index (χ1n) is 3.08. The van der Waals surface area contributed by atoms with E-state index in [1.54, 1.807) is 0 Å². The van der Waals surface area contributed by atoms with Gasteiger partial charge in [-0.15, -0.1) is 11.6 Å². The molecule has 0 saturated carbocycles. The summed E-state index contributed by atoms with van der Waals surface area (Å²) in [6, 6.07) is 0. The van der Waals surface area contributed by atoms with Gasteiger partial charge in [-0.05, 0) is 0 Å². The fourth-order valence-electron chi connectivity index (χ4n) is 0.713. The summed E-state index contributed by atoms with van der Waals surface area (Å²) in [4.78, 5) is 15.3. The number of nitrogens with zero attached hydrogens (tertiary/aromatic N) is 1. The Morgan fingerprint density at radius 1 is 1.83 bits per heavy atom. The summed E-state index contributed by atoms with van der Waals surface area (Å²) in [5.74, 6) is -0.280. The van der Waals surface area contributed by atoms with Gasteiger partial charge >= 0.3 is 5.97 Å². The Balaban J connectivity index is 3.04. The van der Waals surface area contributed by atoms with Crippen molar-refractivity contribution < 1.29 is 9.53 Å². The van der Waals surface area contributed by atoms with E-state index in [0.717, 1.165) is 11.3 Å². The van der Waals surface area contributed by atoms with Crippen molar-refractivity contribution in [1.29, 1.82) is 0 Å². The number of halogens is 1. The molecule has 0 aliphatic carbocycles. The van der Waals surface area contributed by atoms with Crippen LogP contribution in [0.5, 0.6) is 0 Å². The van der Waals surface area contributed by atoms with E-state index in [1.807, 2.05) is 0 Å². The van der Waals surface area contributed by atoms with Crippen LogP contribution in [0.25, 0.3) is 0 Å². The van der Waals surface area contributed by atoms with Gasteiger partial charge in [0.15, 0.2) is 5.13 Å². The number of aromatic nitrogens is 1. The van der Waals surface area contributed by atoms with Gasteiger partial charge in [-0.2, -0.15) is 0 Å². The number of nitrogens with two attached hydrogens (primary N) is 1. The van der Waals surface area contributed by atoms with Crippen molar-refractivity contribution in [1.82, 2.24) is 4.98 Å². The monoisotopic (exact) mass is 206 g/mol. The van der Waals surface area contributed by atoms with Crippen molar-refractivity contribution in [3.63, 3.8) is 0 Å². The van der Waals surface area contributed by atoms with Crippen molar-refractivity contribution in [3.05, 3.63) is 10.6 Å². The number of esters is 1. The molecule has 0 fully saturated rings. The lowest BCUT2D eigenvalue weighted by atomic mass is 10.4. The van der Waals surface area contributed by atoms with Gasteiger partial charge in [-0.25, -0.2) is 9.78 Å². The van der Waals surface area contributed by atoms with E-state index in [-0.39, 0.29) is 5.88 Å². The average molecular weight is 207 g/mol. The molecule has 2 N–H and O–H groups in total. The molecule has 0 aliphatic rings. The van der Waals surface area contributed by atoms with Crippen molar-refractivity contribution in [3.8, 4) is 0 Å². The number of nitrogen functional groups attached to an aromatic ring is 1. The SMILES string of the molecule is COC(=O)c1sc(N)nc1CCl. The van der Waals surface area contributed by atoms with Crippen LogP contribution < -0.4 is 5.73 Å². The minimum Gasteiger partial charge on any atom is -0.465 e. The quantitative estimate of drug-likeness (QED) is 0.584. The van der Waals surface area contributed by atoms with Crippen molar-refractivity contribution in [2.24, 2.45) is 0 Å². The van der Waals surface area contributed by atoms with Gasteiger partial charge in [-0.3, -0.25) is 0 Å². The van der Waals surface area contributed by atoms with Gasteiger partial charge in [0.1, 0.15) is 4.88 Å². The Bertz CT molecular complexity index is 300. The number of alkyl halides is 1. The molecule has 0 spiro atoms. The maximum absolute atomic E-state index is 11.0. The summed E-state index contributed by atoms with van der Waals surface area (Å²) in [5, 5.41) is 0.325. The van der Waals surface area contributed by atoms with Crippen LogP contribution in [0.4, 0.5) is 5.13 Å². The molecule has 6 heteroatoms. The summed E-state index contributed by atoms with van der Waals surface area (Å²) >= 11 is 6.61. The van der Waals surface area contributed by atoms with Gasteiger partial charge in [-0.1, -0.05) is 11.3 Å². The number of thiazole rings is 1. The van der Waals surface area contributed by atoms with Gasteiger partial charge < -0.3 is 10.5 Å². The van der Waals surface area contributed by atoms with Crippen LogP contribution in [-0.4, -0.2) is 18.1 Å². The van der Waals surface area contributed by atoms with Crippen molar-refractivity contribution >= 4 is 34.0 Å². The van der Waals surface area contributed by atoms with Crippen LogP contribution in [0.15, 0.2) is 0 Å². The molecule has 4 nitrogen and oxygen atoms in total. The Labute approximate surface area is 78.3 Å². The normalized spacial score (nSPS) is 9.83. The summed E-state index contributed by atoms with van der Waals surface area (Å²) in [6.07, 6.45) is 0. The zero-order chi connectivity index (χ0) is 9.14. The number of anilines is 1. The Morgan fingerprint density at radius 2 is 2.50 bits per heavy atom. The smallest absolute Gasteiger partial charge is 0.350 e. The number of carbonyl (C=O) groups is 1. The first-order valence-corrected chi connectivity index (χ1v) is 4.43. The molecule has 0 bridgehead atoms. The van der Waals surface area contributed by atoms with Gasteiger partial charge in [0, 0.05) is 0 Å². The molecule has 66 valence electrons. The standard InChI is InChI=1S/C6H7ClN2O2S/c1-11-5(10)4-3(2-7)9-6(8)12-4/h2H2,1H3,(H2,8,9). The van der Waals surface area contributed by atoms with Crippen molar-refractivity contribution in [2.45, 2.75) is 5.88 Å². The lowest BCUT2D eigenvalue weighted by molar-refractivity contribution is 0.0605. The zero-order valence-electron chi connectivity index (χ0n) is 6.33. The number of hydrogen-bond donors (Lipinski definition) is 1. The highest BCUT2D eigenvalue weighted by Gasteiger charge is 2.16. The van der Waals surface area contributed by atoms with Crippen LogP contribution in [-0.2, 0) is 10.6 Å². The third kappa shape index (κ3) is 1.67. The van der Waals surface area contributed by atoms with Crippen LogP contribution in [0, 0.1) is 0 Å². The van der Waals surface area contributed by atoms with E-state index in [0.29, 0.717) is 15.7 Å². The van der Waals surface area contributed by atoms with E-state index in [1.165, 1.54) is 7.11 Å². The molecule has 0 aromatic carbocycles. The van der Waals surface area contributed by atoms with E-state index in [2.05, 4.69) is 9.72 Å². The van der Waals surface area contributed by atoms with E-state index in [4.69, 9.17) is 17.3 Å². The molecule has 1 heterocycles. The Hall–Kier alpha value is -0.810. The second-order valence-electron chi connectivity index (χ2n) is 1.95. The first-order chi connectivity index (χ1) is 5.69. The van der Waals surface area contributed by atoms with Crippen LogP contribution in [0.2, 0.25) is 0 Å². The molecule has 12 heavy (non-hydrogen) atoms. The maximum atomic E-state index is 11.0. The first kappa shape index (κ1) is 9.28. The predicted molar refractivity (Wildman–Crippen MR) is 47.4 cm³/mol. The largest absolute Gasteiger partial charge is 0.465 e. The highest BCUT2D eigenvalue weighted by Crippen LogP contribution is 2.22. The van der Waals surface area contributed by atoms with Crippen molar-refractivity contribution in [2.75, 3.05) is 12.8 Å². The fraction of sp³-hybridized carbons (Fsp3) is 0.333. The summed E-state index contributed by atoms with van der Waals surface area (Å²) < 4.78 is 4.51. The van der Waals surface area contributed by atoms with E-state index >= 15 is 0 Å². The summed E-state index contributed by atoms with van der Waals surface area (Å²) in [5.41, 5.74) is 5.87. The van der Waals surface area contributed by atoms with Gasteiger partial charge in [0.25, 0.3) is 0 Å². The molecule has 0 radical (unpaired) electrons. The molecule has 1 aromatic rings. The third-order valence-corrected chi connectivity index (χ3v) is 2.37. The minimum absolute atomic E-state index is 0.165.